The van der Waals surface area contributed by atoms with Gasteiger partial charge >= 0.3 is 0 Å². The normalized spacial score (nSPS) is 19.1. The molecule has 3 heterocycles. The standard InChI is InChI=1S/C45H55ClN6O4SSi/c1-44(2,3)58(32-14-10-8-11-15-32,33-16-12-9-13-17-33)56-28-45(4,5)52-23-22-36-39(27-52)57-42(50-36)41(54)49-37-25-29(43(55)51(6)7)18-20-35(37)48-40(53)38-26-30-24-31(46)19-21-34(30)47-38/h8-17,19,21,24,26,29,35,37,47H,18,20,22-23,25,27-28H2,1-7H3,(H,48,53)(H,49,54)/t29-,35-,37+/m0/s1. The average Bonchev–Trinajstić information content (AvgIpc) is 3.83. The first-order valence-electron chi connectivity index (χ1n) is 20.2. The highest BCUT2D eigenvalue weighted by Crippen LogP contribution is 2.38. The molecule has 0 bridgehead atoms. The molecule has 0 saturated heterocycles. The second-order valence-electron chi connectivity index (χ2n) is 17.6. The van der Waals surface area contributed by atoms with E-state index in [9.17, 15) is 14.4 Å². The Morgan fingerprint density at radius 2 is 1.57 bits per heavy atom. The van der Waals surface area contributed by atoms with E-state index in [-0.39, 0.29) is 40.3 Å². The molecule has 13 heteroatoms. The number of thiazole rings is 1. The number of nitrogens with zero attached hydrogens (tertiary/aromatic N) is 3. The summed E-state index contributed by atoms with van der Waals surface area (Å²) in [6.07, 6.45) is 2.28. The largest absolute Gasteiger partial charge is 0.406 e. The van der Waals surface area contributed by atoms with E-state index >= 15 is 0 Å². The van der Waals surface area contributed by atoms with Crippen molar-refractivity contribution in [2.24, 2.45) is 5.92 Å². The van der Waals surface area contributed by atoms with E-state index in [0.717, 1.165) is 34.4 Å². The zero-order valence-electron chi connectivity index (χ0n) is 34.5. The van der Waals surface area contributed by atoms with E-state index in [4.69, 9.17) is 21.0 Å². The molecule has 7 rings (SSSR count). The SMILES string of the molecule is CN(C)C(=O)[C@H]1CC[C@H](NC(=O)c2cc3cc(Cl)ccc3[nH]2)[C@H](NC(=O)c2nc3c(s2)CN(C(C)(C)CO[Si](c2ccccc2)(c2ccccc2)C(C)(C)C)CC3)C1. The molecule has 3 atom stereocenters. The summed E-state index contributed by atoms with van der Waals surface area (Å²) >= 11 is 7.61. The van der Waals surface area contributed by atoms with E-state index in [1.54, 1.807) is 31.1 Å². The maximum Gasteiger partial charge on any atom is 0.280 e. The molecule has 0 unspecified atom stereocenters. The lowest BCUT2D eigenvalue weighted by molar-refractivity contribution is -0.134. The van der Waals surface area contributed by atoms with E-state index in [2.05, 4.69) is 116 Å². The number of carbonyl (C=O) groups excluding carboxylic acids is 3. The van der Waals surface area contributed by atoms with Gasteiger partial charge < -0.3 is 24.9 Å². The van der Waals surface area contributed by atoms with Crippen LogP contribution < -0.4 is 21.0 Å². The predicted molar refractivity (Wildman–Crippen MR) is 236 cm³/mol. The maximum atomic E-state index is 14.0. The molecule has 2 aliphatic rings. The number of carbonyl (C=O) groups is 3. The van der Waals surface area contributed by atoms with Gasteiger partial charge in [-0.25, -0.2) is 4.98 Å². The van der Waals surface area contributed by atoms with Crippen LogP contribution in [-0.2, 0) is 22.2 Å². The van der Waals surface area contributed by atoms with Crippen molar-refractivity contribution < 1.29 is 18.8 Å². The molecule has 3 aromatic carbocycles. The number of rotatable bonds is 11. The molecule has 1 saturated carbocycles. The van der Waals surface area contributed by atoms with Gasteiger partial charge in [0.25, 0.3) is 20.1 Å². The Hall–Kier alpha value is -4.33. The van der Waals surface area contributed by atoms with Crippen molar-refractivity contribution >= 4 is 70.3 Å². The fraction of sp³-hybridized carbons (Fsp3) is 0.422. The smallest absolute Gasteiger partial charge is 0.280 e. The fourth-order valence-corrected chi connectivity index (χ4v) is 14.7. The lowest BCUT2D eigenvalue weighted by Gasteiger charge is -2.47. The number of benzene rings is 3. The van der Waals surface area contributed by atoms with Crippen molar-refractivity contribution in [3.63, 3.8) is 0 Å². The third-order valence-electron chi connectivity index (χ3n) is 11.9. The van der Waals surface area contributed by atoms with Crippen molar-refractivity contribution in [1.29, 1.82) is 0 Å². The maximum absolute atomic E-state index is 14.0. The van der Waals surface area contributed by atoms with Crippen LogP contribution >= 0.6 is 22.9 Å². The summed E-state index contributed by atoms with van der Waals surface area (Å²) in [4.78, 5) is 53.8. The Morgan fingerprint density at radius 1 is 0.914 bits per heavy atom. The van der Waals surface area contributed by atoms with Crippen LogP contribution in [0.5, 0.6) is 0 Å². The van der Waals surface area contributed by atoms with Gasteiger partial charge in [-0.15, -0.1) is 11.3 Å². The summed E-state index contributed by atoms with van der Waals surface area (Å²) in [7, 11) is 0.760. The van der Waals surface area contributed by atoms with Crippen LogP contribution in [0.4, 0.5) is 0 Å². The van der Waals surface area contributed by atoms with Gasteiger partial charge in [-0.3, -0.25) is 19.3 Å². The van der Waals surface area contributed by atoms with Crippen molar-refractivity contribution in [2.75, 3.05) is 27.2 Å². The fourth-order valence-electron chi connectivity index (χ4n) is 8.74. The van der Waals surface area contributed by atoms with Gasteiger partial charge in [0, 0.05) is 71.9 Å². The lowest BCUT2D eigenvalue weighted by atomic mass is 9.81. The number of fused-ring (bicyclic) bond motifs is 2. The van der Waals surface area contributed by atoms with Crippen molar-refractivity contribution in [1.82, 2.24) is 30.4 Å². The zero-order valence-corrected chi connectivity index (χ0v) is 37.1. The van der Waals surface area contributed by atoms with Gasteiger partial charge in [0.2, 0.25) is 5.91 Å². The molecule has 0 spiro atoms. The topological polar surface area (TPSA) is 120 Å². The number of hydrogen-bond acceptors (Lipinski definition) is 7. The minimum absolute atomic E-state index is 0.0165. The van der Waals surface area contributed by atoms with Crippen molar-refractivity contribution in [3.8, 4) is 0 Å². The van der Waals surface area contributed by atoms with Crippen LogP contribution in [0.25, 0.3) is 10.9 Å². The Kier molecular flexibility index (Phi) is 12.1. The molecule has 10 nitrogen and oxygen atoms in total. The number of hydrogen-bond donors (Lipinski definition) is 3. The zero-order chi connectivity index (χ0) is 41.4. The monoisotopic (exact) mass is 838 g/mol. The van der Waals surface area contributed by atoms with Gasteiger partial charge in [-0.2, -0.15) is 0 Å². The highest BCUT2D eigenvalue weighted by Gasteiger charge is 2.51. The number of amides is 3. The average molecular weight is 840 g/mol. The second kappa shape index (κ2) is 16.7. The predicted octanol–water partition coefficient (Wildman–Crippen LogP) is 6.78. The summed E-state index contributed by atoms with van der Waals surface area (Å²) in [5.74, 6) is -0.819. The highest BCUT2D eigenvalue weighted by molar-refractivity contribution is 7.13. The molecular formula is C45H55ClN6O4SSi. The number of aromatic amines is 1. The summed E-state index contributed by atoms with van der Waals surface area (Å²) in [5.41, 5.74) is 1.85. The summed E-state index contributed by atoms with van der Waals surface area (Å²) in [6.45, 7) is 13.4. The van der Waals surface area contributed by atoms with Crippen LogP contribution in [0.3, 0.4) is 0 Å². The van der Waals surface area contributed by atoms with E-state index in [0.29, 0.717) is 48.1 Å². The number of nitrogens with one attached hydrogen (secondary N) is 3. The molecule has 58 heavy (non-hydrogen) atoms. The van der Waals surface area contributed by atoms with Gasteiger partial charge in [0.05, 0.1) is 18.3 Å². The van der Waals surface area contributed by atoms with Gasteiger partial charge in [-0.05, 0) is 72.8 Å². The molecule has 3 N–H and O–H groups in total. The van der Waals surface area contributed by atoms with Gasteiger partial charge in [0.15, 0.2) is 5.01 Å². The molecule has 3 amide bonds. The Labute approximate surface area is 351 Å². The molecular weight excluding hydrogens is 784 g/mol. The van der Waals surface area contributed by atoms with Crippen LogP contribution in [-0.4, -0.2) is 90.7 Å². The van der Waals surface area contributed by atoms with Crippen LogP contribution in [0.2, 0.25) is 10.1 Å². The van der Waals surface area contributed by atoms with E-state index in [1.807, 2.05) is 12.1 Å². The molecule has 1 aliphatic carbocycles. The second-order valence-corrected chi connectivity index (χ2v) is 23.5. The molecule has 5 aromatic rings. The molecule has 2 aromatic heterocycles. The quantitative estimate of drug-likeness (QED) is 0.126. The first-order chi connectivity index (χ1) is 27.6. The summed E-state index contributed by atoms with van der Waals surface area (Å²) in [6, 6.07) is 27.8. The lowest BCUT2D eigenvalue weighted by Crippen LogP contribution is -2.68. The van der Waals surface area contributed by atoms with Crippen LogP contribution in [0, 0.1) is 5.92 Å². The minimum atomic E-state index is -2.74. The van der Waals surface area contributed by atoms with E-state index in [1.165, 1.54) is 21.7 Å². The number of halogens is 1. The number of H-pyrrole nitrogens is 1. The van der Waals surface area contributed by atoms with Crippen molar-refractivity contribution in [2.45, 2.75) is 89.5 Å². The molecule has 0 radical (unpaired) electrons. The van der Waals surface area contributed by atoms with Crippen LogP contribution in [0.15, 0.2) is 84.9 Å². The Morgan fingerprint density at radius 3 is 2.21 bits per heavy atom. The Bertz CT molecular complexity index is 2230. The first-order valence-corrected chi connectivity index (χ1v) is 23.3. The summed E-state index contributed by atoms with van der Waals surface area (Å²) in [5, 5.41) is 10.5. The molecule has 1 fully saturated rings. The first kappa shape index (κ1) is 41.8. The van der Waals surface area contributed by atoms with Gasteiger partial charge in [-0.1, -0.05) is 93.0 Å². The van der Waals surface area contributed by atoms with Crippen molar-refractivity contribution in [3.05, 3.63) is 111 Å². The summed E-state index contributed by atoms with van der Waals surface area (Å²) < 4.78 is 7.38. The van der Waals surface area contributed by atoms with E-state index < -0.39 is 14.4 Å². The molecule has 1 aliphatic heterocycles. The third-order valence-corrected chi connectivity index (χ3v) is 18.2. The number of aromatic nitrogens is 2. The van der Waals surface area contributed by atoms with Gasteiger partial charge in [0.1, 0.15) is 5.69 Å². The minimum Gasteiger partial charge on any atom is -0.406 e. The highest BCUT2D eigenvalue weighted by atomic mass is 35.5. The molecule has 306 valence electrons. The van der Waals surface area contributed by atoms with Crippen LogP contribution in [0.1, 0.15) is 84.7 Å². The third kappa shape index (κ3) is 8.53. The Balaban J connectivity index is 1.06.